The molecule has 76 valence electrons. The molecule has 0 heterocycles. The molecule has 4 heteroatoms. The number of methoxy groups -OCH3 is 1. The van der Waals surface area contributed by atoms with Crippen LogP contribution in [0.1, 0.15) is 17.3 Å². The van der Waals surface area contributed by atoms with Crippen molar-refractivity contribution in [3.63, 3.8) is 0 Å². The molecule has 1 rings (SSSR count). The highest BCUT2D eigenvalue weighted by atomic mass is 79.9. The van der Waals surface area contributed by atoms with E-state index in [2.05, 4.69) is 15.9 Å². The molecule has 1 aromatic rings. The van der Waals surface area contributed by atoms with Crippen LogP contribution in [0.2, 0.25) is 0 Å². The van der Waals surface area contributed by atoms with Crippen LogP contribution < -0.4 is 4.74 Å². The highest BCUT2D eigenvalue weighted by Gasteiger charge is 2.08. The van der Waals surface area contributed by atoms with Crippen molar-refractivity contribution < 1.29 is 14.3 Å². The summed E-state index contributed by atoms with van der Waals surface area (Å²) < 4.78 is 10.6. The Labute approximate surface area is 91.1 Å². The molecule has 3 nitrogen and oxygen atoms in total. The molecule has 0 saturated carbocycles. The van der Waals surface area contributed by atoms with Crippen LogP contribution in [-0.4, -0.2) is 19.7 Å². The molecule has 0 bridgehead atoms. The predicted molar refractivity (Wildman–Crippen MR) is 56.7 cm³/mol. The number of esters is 1. The number of rotatable bonds is 3. The van der Waals surface area contributed by atoms with Crippen molar-refractivity contribution in [3.05, 3.63) is 28.2 Å². The van der Waals surface area contributed by atoms with E-state index in [1.165, 1.54) is 0 Å². The minimum atomic E-state index is -0.323. The molecule has 0 aliphatic rings. The molecule has 0 aliphatic heterocycles. The number of carbonyl (C=O) groups excluding carboxylic acids is 1. The van der Waals surface area contributed by atoms with Crippen LogP contribution in [0.4, 0.5) is 0 Å². The summed E-state index contributed by atoms with van der Waals surface area (Å²) in [4.78, 5) is 11.3. The molecule has 0 saturated heterocycles. The summed E-state index contributed by atoms with van der Waals surface area (Å²) in [6.07, 6.45) is 0. The van der Waals surface area contributed by atoms with Gasteiger partial charge in [0, 0.05) is 0 Å². The van der Waals surface area contributed by atoms with Gasteiger partial charge in [-0.15, -0.1) is 0 Å². The molecular weight excluding hydrogens is 248 g/mol. The van der Waals surface area contributed by atoms with Crippen LogP contribution in [0.5, 0.6) is 5.75 Å². The average molecular weight is 259 g/mol. The molecule has 1 aromatic carbocycles. The molecule has 0 aliphatic carbocycles. The number of carbonyl (C=O) groups is 1. The van der Waals surface area contributed by atoms with Crippen LogP contribution >= 0.6 is 15.9 Å². The summed E-state index contributed by atoms with van der Waals surface area (Å²) in [5.74, 6) is 0.369. The molecule has 0 N–H and O–H groups in total. The van der Waals surface area contributed by atoms with Crippen LogP contribution in [0.25, 0.3) is 0 Å². The van der Waals surface area contributed by atoms with E-state index in [9.17, 15) is 4.79 Å². The Bertz CT molecular complexity index is 336. The topological polar surface area (TPSA) is 35.5 Å². The fourth-order valence-electron chi connectivity index (χ4n) is 1.01. The van der Waals surface area contributed by atoms with E-state index in [0.717, 1.165) is 4.47 Å². The van der Waals surface area contributed by atoms with Gasteiger partial charge in [0.05, 0.1) is 23.8 Å². The quantitative estimate of drug-likeness (QED) is 0.783. The smallest absolute Gasteiger partial charge is 0.338 e. The Morgan fingerprint density at radius 3 is 2.71 bits per heavy atom. The lowest BCUT2D eigenvalue weighted by atomic mass is 10.2. The molecule has 0 amide bonds. The van der Waals surface area contributed by atoms with Gasteiger partial charge in [-0.2, -0.15) is 0 Å². The minimum absolute atomic E-state index is 0.323. The van der Waals surface area contributed by atoms with Gasteiger partial charge in [-0.1, -0.05) is 0 Å². The highest BCUT2D eigenvalue weighted by molar-refractivity contribution is 9.10. The van der Waals surface area contributed by atoms with Crippen LogP contribution in [-0.2, 0) is 4.74 Å². The third-order valence-corrected chi connectivity index (χ3v) is 2.28. The van der Waals surface area contributed by atoms with E-state index in [0.29, 0.717) is 17.9 Å². The van der Waals surface area contributed by atoms with Gasteiger partial charge in [-0.25, -0.2) is 4.79 Å². The number of hydrogen-bond acceptors (Lipinski definition) is 3. The van der Waals surface area contributed by atoms with Crippen molar-refractivity contribution in [3.8, 4) is 5.75 Å². The van der Waals surface area contributed by atoms with Crippen LogP contribution in [0.3, 0.4) is 0 Å². The summed E-state index contributed by atoms with van der Waals surface area (Å²) >= 11 is 3.29. The zero-order valence-electron chi connectivity index (χ0n) is 8.04. The minimum Gasteiger partial charge on any atom is -0.496 e. The van der Waals surface area contributed by atoms with Crippen molar-refractivity contribution in [2.24, 2.45) is 0 Å². The van der Waals surface area contributed by atoms with E-state index < -0.39 is 0 Å². The Hall–Kier alpha value is -1.03. The normalized spacial score (nSPS) is 9.64. The number of hydrogen-bond donors (Lipinski definition) is 0. The van der Waals surface area contributed by atoms with Crippen molar-refractivity contribution >= 4 is 21.9 Å². The fraction of sp³-hybridized carbons (Fsp3) is 0.300. The maximum atomic E-state index is 11.3. The van der Waals surface area contributed by atoms with E-state index >= 15 is 0 Å². The molecule has 0 atom stereocenters. The fourth-order valence-corrected chi connectivity index (χ4v) is 1.55. The summed E-state index contributed by atoms with van der Waals surface area (Å²) in [5.41, 5.74) is 0.513. The first-order valence-electron chi connectivity index (χ1n) is 4.19. The van der Waals surface area contributed by atoms with E-state index in [1.54, 1.807) is 32.2 Å². The number of ether oxygens (including phenoxy) is 2. The lowest BCUT2D eigenvalue weighted by Gasteiger charge is -2.05. The lowest BCUT2D eigenvalue weighted by molar-refractivity contribution is 0.0526. The lowest BCUT2D eigenvalue weighted by Crippen LogP contribution is -2.04. The van der Waals surface area contributed by atoms with Gasteiger partial charge < -0.3 is 9.47 Å². The monoisotopic (exact) mass is 258 g/mol. The zero-order chi connectivity index (χ0) is 10.6. The van der Waals surface area contributed by atoms with Crippen LogP contribution in [0.15, 0.2) is 22.7 Å². The van der Waals surface area contributed by atoms with Gasteiger partial charge in [0.1, 0.15) is 5.75 Å². The largest absolute Gasteiger partial charge is 0.496 e. The Kier molecular flexibility index (Phi) is 3.95. The molecule has 0 spiro atoms. The molecule has 14 heavy (non-hydrogen) atoms. The second-order valence-corrected chi connectivity index (χ2v) is 3.42. The second-order valence-electron chi connectivity index (χ2n) is 2.57. The zero-order valence-corrected chi connectivity index (χ0v) is 9.63. The maximum Gasteiger partial charge on any atom is 0.338 e. The first-order chi connectivity index (χ1) is 6.69. The predicted octanol–water partition coefficient (Wildman–Crippen LogP) is 2.63. The molecule has 0 fully saturated rings. The molecule has 0 radical (unpaired) electrons. The summed E-state index contributed by atoms with van der Waals surface area (Å²) in [6, 6.07) is 5.06. The number of halogens is 1. The van der Waals surface area contributed by atoms with Gasteiger partial charge in [-0.3, -0.25) is 0 Å². The summed E-state index contributed by atoms with van der Waals surface area (Å²) in [6.45, 7) is 2.15. The third-order valence-electron chi connectivity index (χ3n) is 1.66. The first kappa shape index (κ1) is 11.0. The van der Waals surface area contributed by atoms with Gasteiger partial charge >= 0.3 is 5.97 Å². The first-order valence-corrected chi connectivity index (χ1v) is 4.99. The Balaban J connectivity index is 2.91. The van der Waals surface area contributed by atoms with Crippen molar-refractivity contribution in [1.29, 1.82) is 0 Å². The van der Waals surface area contributed by atoms with Gasteiger partial charge in [0.2, 0.25) is 0 Å². The molecule has 0 aromatic heterocycles. The standard InChI is InChI=1S/C10H11BrO3/c1-3-14-10(12)7-4-5-9(13-2)8(11)6-7/h4-6H,3H2,1-2H3. The summed E-state index contributed by atoms with van der Waals surface area (Å²) in [5, 5.41) is 0. The summed E-state index contributed by atoms with van der Waals surface area (Å²) in [7, 11) is 1.57. The molecular formula is C10H11BrO3. The number of benzene rings is 1. The van der Waals surface area contributed by atoms with Gasteiger partial charge in [0.25, 0.3) is 0 Å². The SMILES string of the molecule is CCOC(=O)c1ccc(OC)c(Br)c1. The van der Waals surface area contributed by atoms with Gasteiger partial charge in [0.15, 0.2) is 0 Å². The van der Waals surface area contributed by atoms with E-state index in [4.69, 9.17) is 9.47 Å². The van der Waals surface area contributed by atoms with Crippen molar-refractivity contribution in [2.75, 3.05) is 13.7 Å². The van der Waals surface area contributed by atoms with Crippen LogP contribution in [0, 0.1) is 0 Å². The Morgan fingerprint density at radius 1 is 1.50 bits per heavy atom. The second kappa shape index (κ2) is 5.00. The van der Waals surface area contributed by atoms with E-state index in [-0.39, 0.29) is 5.97 Å². The van der Waals surface area contributed by atoms with Gasteiger partial charge in [-0.05, 0) is 41.1 Å². The highest BCUT2D eigenvalue weighted by Crippen LogP contribution is 2.25. The third kappa shape index (κ3) is 2.48. The Morgan fingerprint density at radius 2 is 2.21 bits per heavy atom. The van der Waals surface area contributed by atoms with E-state index in [1.807, 2.05) is 0 Å². The molecule has 0 unspecified atom stereocenters. The van der Waals surface area contributed by atoms with Crippen molar-refractivity contribution in [1.82, 2.24) is 0 Å². The maximum absolute atomic E-state index is 11.3. The van der Waals surface area contributed by atoms with Crippen molar-refractivity contribution in [2.45, 2.75) is 6.92 Å². The average Bonchev–Trinajstić information content (AvgIpc) is 2.18.